The Labute approximate surface area is 113 Å². The van der Waals surface area contributed by atoms with Crippen LogP contribution < -0.4 is 0 Å². The van der Waals surface area contributed by atoms with E-state index in [1.165, 1.54) is 51.4 Å². The SMILES string of the molecule is C=C/C(=C\F)C(CCCCC)CCCCCCC. The van der Waals surface area contributed by atoms with E-state index in [1.54, 1.807) is 6.08 Å². The van der Waals surface area contributed by atoms with Crippen LogP contribution in [0.4, 0.5) is 4.39 Å². The van der Waals surface area contributed by atoms with E-state index in [0.29, 0.717) is 5.92 Å². The van der Waals surface area contributed by atoms with Gasteiger partial charge < -0.3 is 0 Å². The highest BCUT2D eigenvalue weighted by Gasteiger charge is 2.11. The van der Waals surface area contributed by atoms with Crippen LogP contribution in [0.5, 0.6) is 0 Å². The summed E-state index contributed by atoms with van der Waals surface area (Å²) >= 11 is 0. The summed E-state index contributed by atoms with van der Waals surface area (Å²) in [5, 5.41) is 0. The van der Waals surface area contributed by atoms with Gasteiger partial charge in [-0.15, -0.1) is 0 Å². The summed E-state index contributed by atoms with van der Waals surface area (Å²) < 4.78 is 12.8. The minimum absolute atomic E-state index is 0.390. The Morgan fingerprint density at radius 3 is 1.94 bits per heavy atom. The summed E-state index contributed by atoms with van der Waals surface area (Å²) in [5.41, 5.74) is 0.807. The maximum atomic E-state index is 12.8. The van der Waals surface area contributed by atoms with Gasteiger partial charge in [-0.05, 0) is 24.3 Å². The Bertz CT molecular complexity index is 218. The summed E-state index contributed by atoms with van der Waals surface area (Å²) in [4.78, 5) is 0. The zero-order chi connectivity index (χ0) is 13.6. The molecule has 1 unspecified atom stereocenters. The van der Waals surface area contributed by atoms with Crippen LogP contribution >= 0.6 is 0 Å². The number of unbranched alkanes of at least 4 members (excludes halogenated alkanes) is 6. The van der Waals surface area contributed by atoms with Crippen molar-refractivity contribution in [3.8, 4) is 0 Å². The Hall–Kier alpha value is -0.590. The zero-order valence-corrected chi connectivity index (χ0v) is 12.4. The molecule has 0 spiro atoms. The van der Waals surface area contributed by atoms with E-state index in [-0.39, 0.29) is 0 Å². The van der Waals surface area contributed by atoms with Crippen molar-refractivity contribution in [1.82, 2.24) is 0 Å². The highest BCUT2D eigenvalue weighted by Crippen LogP contribution is 2.26. The molecule has 0 aliphatic rings. The third-order valence-corrected chi connectivity index (χ3v) is 3.65. The first-order valence-corrected chi connectivity index (χ1v) is 7.72. The maximum absolute atomic E-state index is 12.8. The van der Waals surface area contributed by atoms with E-state index in [4.69, 9.17) is 0 Å². The lowest BCUT2D eigenvalue weighted by Crippen LogP contribution is -2.03. The molecule has 0 fully saturated rings. The van der Waals surface area contributed by atoms with Crippen molar-refractivity contribution >= 4 is 0 Å². The van der Waals surface area contributed by atoms with Crippen LogP contribution in [0.3, 0.4) is 0 Å². The zero-order valence-electron chi connectivity index (χ0n) is 12.4. The van der Waals surface area contributed by atoms with Crippen molar-refractivity contribution in [2.75, 3.05) is 0 Å². The molecule has 0 radical (unpaired) electrons. The van der Waals surface area contributed by atoms with Crippen molar-refractivity contribution in [3.05, 3.63) is 24.6 Å². The molecule has 0 nitrogen and oxygen atoms in total. The van der Waals surface area contributed by atoms with Gasteiger partial charge in [-0.1, -0.05) is 77.9 Å². The Morgan fingerprint density at radius 1 is 0.944 bits per heavy atom. The van der Waals surface area contributed by atoms with Crippen LogP contribution in [0, 0.1) is 5.92 Å². The van der Waals surface area contributed by atoms with Crippen LogP contribution in [0.1, 0.15) is 78.1 Å². The Kier molecular flexibility index (Phi) is 12.4. The van der Waals surface area contributed by atoms with Gasteiger partial charge in [0.15, 0.2) is 0 Å². The molecule has 0 aromatic rings. The second-order valence-electron chi connectivity index (χ2n) is 5.21. The molecule has 0 N–H and O–H groups in total. The highest BCUT2D eigenvalue weighted by atomic mass is 19.1. The predicted octanol–water partition coefficient (Wildman–Crippen LogP) is 6.58. The molecule has 0 saturated heterocycles. The number of halogens is 1. The minimum atomic E-state index is 0.390. The van der Waals surface area contributed by atoms with Crippen molar-refractivity contribution in [1.29, 1.82) is 0 Å². The minimum Gasteiger partial charge on any atom is -0.215 e. The van der Waals surface area contributed by atoms with Crippen LogP contribution in [0.2, 0.25) is 0 Å². The van der Waals surface area contributed by atoms with Crippen LogP contribution in [-0.4, -0.2) is 0 Å². The quantitative estimate of drug-likeness (QED) is 0.272. The van der Waals surface area contributed by atoms with Crippen molar-refractivity contribution < 1.29 is 4.39 Å². The first-order valence-electron chi connectivity index (χ1n) is 7.72. The second-order valence-corrected chi connectivity index (χ2v) is 5.21. The molecule has 0 rings (SSSR count). The smallest absolute Gasteiger partial charge is 0.0901 e. The third-order valence-electron chi connectivity index (χ3n) is 3.65. The molecular weight excluding hydrogens is 223 g/mol. The van der Waals surface area contributed by atoms with Crippen LogP contribution in [0.25, 0.3) is 0 Å². The average Bonchev–Trinajstić information content (AvgIpc) is 2.39. The van der Waals surface area contributed by atoms with Crippen LogP contribution in [0.15, 0.2) is 24.6 Å². The van der Waals surface area contributed by atoms with Gasteiger partial charge in [0.1, 0.15) is 0 Å². The van der Waals surface area contributed by atoms with E-state index in [0.717, 1.165) is 24.7 Å². The summed E-state index contributed by atoms with van der Waals surface area (Å²) in [6.07, 6.45) is 14.8. The molecule has 0 amide bonds. The molecular formula is C17H31F. The molecule has 0 aromatic heterocycles. The summed E-state index contributed by atoms with van der Waals surface area (Å²) in [6, 6.07) is 0. The van der Waals surface area contributed by atoms with Gasteiger partial charge in [-0.3, -0.25) is 0 Å². The van der Waals surface area contributed by atoms with E-state index in [1.807, 2.05) is 0 Å². The fourth-order valence-electron chi connectivity index (χ4n) is 2.41. The van der Waals surface area contributed by atoms with E-state index >= 15 is 0 Å². The maximum Gasteiger partial charge on any atom is 0.0901 e. The number of allylic oxidation sites excluding steroid dienone is 2. The molecule has 0 heterocycles. The molecule has 0 aromatic carbocycles. The van der Waals surface area contributed by atoms with Gasteiger partial charge in [0.2, 0.25) is 0 Å². The van der Waals surface area contributed by atoms with Crippen molar-refractivity contribution in [3.63, 3.8) is 0 Å². The largest absolute Gasteiger partial charge is 0.215 e. The lowest BCUT2D eigenvalue weighted by molar-refractivity contribution is 0.456. The van der Waals surface area contributed by atoms with E-state index in [9.17, 15) is 4.39 Å². The topological polar surface area (TPSA) is 0 Å². The lowest BCUT2D eigenvalue weighted by Gasteiger charge is -2.17. The molecule has 0 saturated carbocycles. The molecule has 0 bridgehead atoms. The predicted molar refractivity (Wildman–Crippen MR) is 80.4 cm³/mol. The van der Waals surface area contributed by atoms with E-state index < -0.39 is 0 Å². The van der Waals surface area contributed by atoms with Gasteiger partial charge in [0, 0.05) is 0 Å². The first kappa shape index (κ1) is 17.4. The third kappa shape index (κ3) is 8.49. The monoisotopic (exact) mass is 254 g/mol. The van der Waals surface area contributed by atoms with Gasteiger partial charge in [0.25, 0.3) is 0 Å². The molecule has 18 heavy (non-hydrogen) atoms. The Balaban J connectivity index is 4.00. The lowest BCUT2D eigenvalue weighted by atomic mass is 9.88. The average molecular weight is 254 g/mol. The molecule has 1 heteroatoms. The second kappa shape index (κ2) is 12.9. The van der Waals surface area contributed by atoms with Gasteiger partial charge >= 0.3 is 0 Å². The standard InChI is InChI=1S/C17H31F/c1-4-7-9-10-12-14-17(13-11-8-5-2)16(6-3)15-18/h6,15,17H,3-5,7-14H2,1-2H3/b16-15+. The summed E-state index contributed by atoms with van der Waals surface area (Å²) in [5.74, 6) is 0.390. The highest BCUT2D eigenvalue weighted by molar-refractivity contribution is 5.17. The van der Waals surface area contributed by atoms with E-state index in [2.05, 4.69) is 20.4 Å². The normalized spacial score (nSPS) is 13.6. The van der Waals surface area contributed by atoms with Crippen LogP contribution in [-0.2, 0) is 0 Å². The molecule has 0 aliphatic heterocycles. The molecule has 0 aliphatic carbocycles. The summed E-state index contributed by atoms with van der Waals surface area (Å²) in [6.45, 7) is 8.17. The fourth-order valence-corrected chi connectivity index (χ4v) is 2.41. The Morgan fingerprint density at radius 2 is 1.44 bits per heavy atom. The van der Waals surface area contributed by atoms with Gasteiger partial charge in [-0.25, -0.2) is 4.39 Å². The number of hydrogen-bond acceptors (Lipinski definition) is 0. The fraction of sp³-hybridized carbons (Fsp3) is 0.765. The van der Waals surface area contributed by atoms with Gasteiger partial charge in [0.05, 0.1) is 6.33 Å². The molecule has 106 valence electrons. The first-order chi connectivity index (χ1) is 8.79. The van der Waals surface area contributed by atoms with Crippen molar-refractivity contribution in [2.45, 2.75) is 78.1 Å². The van der Waals surface area contributed by atoms with Gasteiger partial charge in [-0.2, -0.15) is 0 Å². The number of rotatable bonds is 12. The number of hydrogen-bond donors (Lipinski definition) is 0. The van der Waals surface area contributed by atoms with Crippen molar-refractivity contribution in [2.24, 2.45) is 5.92 Å². The molecule has 1 atom stereocenters. The summed E-state index contributed by atoms with van der Waals surface area (Å²) in [7, 11) is 0.